The maximum absolute atomic E-state index is 12.7. The van der Waals surface area contributed by atoms with E-state index >= 15 is 0 Å². The summed E-state index contributed by atoms with van der Waals surface area (Å²) in [4.78, 5) is 14.3. The molecule has 6 heteroatoms. The molecule has 0 saturated carbocycles. The second-order valence-electron chi connectivity index (χ2n) is 5.07. The van der Waals surface area contributed by atoms with Crippen LogP contribution in [0.5, 0.6) is 0 Å². The second-order valence-corrected chi connectivity index (χ2v) is 7.32. The van der Waals surface area contributed by atoms with Gasteiger partial charge in [-0.15, -0.1) is 0 Å². The average molecular weight is 313 g/mol. The van der Waals surface area contributed by atoms with Crippen LogP contribution in [0.2, 0.25) is 0 Å². The van der Waals surface area contributed by atoms with E-state index in [2.05, 4.69) is 0 Å². The van der Waals surface area contributed by atoms with E-state index in [1.54, 1.807) is 30.0 Å². The molecule has 0 saturated heterocycles. The van der Waals surface area contributed by atoms with Gasteiger partial charge in [0.25, 0.3) is 5.91 Å². The van der Waals surface area contributed by atoms with Crippen LogP contribution in [0.1, 0.15) is 37.6 Å². The van der Waals surface area contributed by atoms with Crippen molar-refractivity contribution in [3.63, 3.8) is 0 Å². The van der Waals surface area contributed by atoms with Crippen LogP contribution in [0.25, 0.3) is 0 Å². The Morgan fingerprint density at radius 1 is 1.29 bits per heavy atom. The Kier molecular flexibility index (Phi) is 6.36. The molecule has 0 aliphatic rings. The van der Waals surface area contributed by atoms with Crippen LogP contribution in [0, 0.1) is 0 Å². The van der Waals surface area contributed by atoms with Crippen molar-refractivity contribution in [2.75, 3.05) is 18.9 Å². The van der Waals surface area contributed by atoms with Gasteiger partial charge in [0, 0.05) is 19.2 Å². The maximum Gasteiger partial charge on any atom is 0.255 e. The lowest BCUT2D eigenvalue weighted by Gasteiger charge is -2.27. The van der Waals surface area contributed by atoms with Gasteiger partial charge in [0.2, 0.25) is 0 Å². The highest BCUT2D eigenvalue weighted by atomic mass is 32.2. The summed E-state index contributed by atoms with van der Waals surface area (Å²) in [5.41, 5.74) is 0.200. The van der Waals surface area contributed by atoms with Crippen molar-refractivity contribution in [3.05, 3.63) is 29.8 Å². The molecular weight excluding hydrogens is 290 g/mol. The summed E-state index contributed by atoms with van der Waals surface area (Å²) in [7, 11) is -3.45. The van der Waals surface area contributed by atoms with Crippen molar-refractivity contribution in [1.82, 2.24) is 4.90 Å². The lowest BCUT2D eigenvalue weighted by molar-refractivity contribution is 0.0689. The number of hydrogen-bond donors (Lipinski definition) is 1. The zero-order valence-electron chi connectivity index (χ0n) is 12.7. The van der Waals surface area contributed by atoms with Crippen molar-refractivity contribution >= 4 is 15.7 Å². The van der Waals surface area contributed by atoms with Crippen LogP contribution in [0.4, 0.5) is 0 Å². The lowest BCUT2D eigenvalue weighted by Crippen LogP contribution is -2.38. The molecule has 1 rings (SSSR count). The van der Waals surface area contributed by atoms with Crippen LogP contribution in [0.15, 0.2) is 29.2 Å². The normalized spacial score (nSPS) is 11.7. The highest BCUT2D eigenvalue weighted by Crippen LogP contribution is 2.20. The van der Waals surface area contributed by atoms with Gasteiger partial charge in [0.1, 0.15) is 0 Å². The molecule has 0 radical (unpaired) electrons. The maximum atomic E-state index is 12.7. The van der Waals surface area contributed by atoms with Gasteiger partial charge in [-0.1, -0.05) is 19.1 Å². The smallest absolute Gasteiger partial charge is 0.255 e. The number of carbonyl (C=O) groups excluding carboxylic acids is 1. The van der Waals surface area contributed by atoms with E-state index < -0.39 is 9.84 Å². The summed E-state index contributed by atoms with van der Waals surface area (Å²) >= 11 is 0. The number of benzene rings is 1. The Balaban J connectivity index is 3.23. The number of nitrogens with zero attached hydrogens (tertiary/aromatic N) is 1. The van der Waals surface area contributed by atoms with E-state index in [0.717, 1.165) is 0 Å². The standard InChI is InChI=1S/C15H23NO4S/c1-4-21(19,20)14-9-6-5-8-13(14)15(18)16(12(2)3)10-7-11-17/h5-6,8-9,12,17H,4,7,10-11H2,1-3H3. The third-order valence-electron chi connectivity index (χ3n) is 3.27. The highest BCUT2D eigenvalue weighted by Gasteiger charge is 2.25. The number of sulfone groups is 1. The molecule has 5 nitrogen and oxygen atoms in total. The van der Waals surface area contributed by atoms with Gasteiger partial charge >= 0.3 is 0 Å². The Labute approximate surface area is 126 Å². The minimum atomic E-state index is -3.45. The fourth-order valence-electron chi connectivity index (χ4n) is 2.06. The summed E-state index contributed by atoms with van der Waals surface area (Å²) in [6.07, 6.45) is 0.465. The number of rotatable bonds is 7. The SMILES string of the molecule is CCS(=O)(=O)c1ccccc1C(=O)N(CCCO)C(C)C. The lowest BCUT2D eigenvalue weighted by atomic mass is 10.1. The summed E-state index contributed by atoms with van der Waals surface area (Å²) in [6.45, 7) is 5.68. The molecule has 0 aromatic heterocycles. The highest BCUT2D eigenvalue weighted by molar-refractivity contribution is 7.91. The third-order valence-corrected chi connectivity index (χ3v) is 5.06. The molecule has 1 aromatic rings. The second kappa shape index (κ2) is 7.56. The quantitative estimate of drug-likeness (QED) is 0.831. The summed E-state index contributed by atoms with van der Waals surface area (Å²) in [5.74, 6) is -0.360. The first-order chi connectivity index (χ1) is 9.85. The Bertz CT molecular complexity index is 581. The van der Waals surface area contributed by atoms with Crippen molar-refractivity contribution in [2.45, 2.75) is 38.1 Å². The topological polar surface area (TPSA) is 74.7 Å². The molecule has 0 fully saturated rings. The first-order valence-electron chi connectivity index (χ1n) is 7.08. The van der Waals surface area contributed by atoms with Gasteiger partial charge in [-0.2, -0.15) is 0 Å². The zero-order chi connectivity index (χ0) is 16.0. The van der Waals surface area contributed by atoms with E-state index in [1.807, 2.05) is 13.8 Å². The van der Waals surface area contributed by atoms with Crippen molar-refractivity contribution < 1.29 is 18.3 Å². The van der Waals surface area contributed by atoms with Crippen molar-refractivity contribution in [2.24, 2.45) is 0 Å². The average Bonchev–Trinajstić information content (AvgIpc) is 2.47. The molecule has 0 heterocycles. The van der Waals surface area contributed by atoms with Gasteiger partial charge in [-0.3, -0.25) is 4.79 Å². The molecule has 1 amide bonds. The van der Waals surface area contributed by atoms with E-state index in [-0.39, 0.29) is 34.8 Å². The van der Waals surface area contributed by atoms with Crippen LogP contribution in [-0.4, -0.2) is 49.3 Å². The van der Waals surface area contributed by atoms with Gasteiger partial charge in [-0.05, 0) is 32.4 Å². The van der Waals surface area contributed by atoms with Gasteiger partial charge in [0.05, 0.1) is 16.2 Å². The Hall–Kier alpha value is -1.40. The Morgan fingerprint density at radius 2 is 1.90 bits per heavy atom. The minimum absolute atomic E-state index is 0.00853. The van der Waals surface area contributed by atoms with Crippen LogP contribution in [-0.2, 0) is 9.84 Å². The number of aliphatic hydroxyl groups excluding tert-OH is 1. The molecule has 1 aromatic carbocycles. The Morgan fingerprint density at radius 3 is 2.43 bits per heavy atom. The number of aliphatic hydroxyl groups is 1. The van der Waals surface area contributed by atoms with Gasteiger partial charge in [-0.25, -0.2) is 8.42 Å². The molecule has 0 spiro atoms. The first-order valence-corrected chi connectivity index (χ1v) is 8.74. The van der Waals surface area contributed by atoms with E-state index in [4.69, 9.17) is 5.11 Å². The predicted octanol–water partition coefficient (Wildman–Crippen LogP) is 1.71. The van der Waals surface area contributed by atoms with E-state index in [1.165, 1.54) is 6.07 Å². The van der Waals surface area contributed by atoms with E-state index in [9.17, 15) is 13.2 Å². The number of hydrogen-bond acceptors (Lipinski definition) is 4. The van der Waals surface area contributed by atoms with Crippen LogP contribution < -0.4 is 0 Å². The molecule has 118 valence electrons. The number of carbonyl (C=O) groups is 1. The molecule has 0 unspecified atom stereocenters. The zero-order valence-corrected chi connectivity index (χ0v) is 13.6. The molecule has 0 aliphatic heterocycles. The van der Waals surface area contributed by atoms with Crippen LogP contribution >= 0.6 is 0 Å². The van der Waals surface area contributed by atoms with Crippen molar-refractivity contribution in [1.29, 1.82) is 0 Å². The molecule has 1 N–H and O–H groups in total. The molecule has 0 aliphatic carbocycles. The molecular formula is C15H23NO4S. The third kappa shape index (κ3) is 4.28. The summed E-state index contributed by atoms with van der Waals surface area (Å²) in [5, 5.41) is 8.94. The van der Waals surface area contributed by atoms with Crippen LogP contribution in [0.3, 0.4) is 0 Å². The minimum Gasteiger partial charge on any atom is -0.396 e. The van der Waals surface area contributed by atoms with E-state index in [0.29, 0.717) is 13.0 Å². The van der Waals surface area contributed by atoms with Crippen molar-refractivity contribution in [3.8, 4) is 0 Å². The molecule has 0 bridgehead atoms. The predicted molar refractivity (Wildman–Crippen MR) is 82.0 cm³/mol. The fraction of sp³-hybridized carbons (Fsp3) is 0.533. The first kappa shape index (κ1) is 17.7. The molecule has 21 heavy (non-hydrogen) atoms. The summed E-state index contributed by atoms with van der Waals surface area (Å²) in [6, 6.07) is 6.22. The van der Waals surface area contributed by atoms with Gasteiger partial charge < -0.3 is 10.0 Å². The molecule has 0 atom stereocenters. The monoisotopic (exact) mass is 313 g/mol. The fourth-order valence-corrected chi connectivity index (χ4v) is 3.15. The van der Waals surface area contributed by atoms with Gasteiger partial charge in [0.15, 0.2) is 9.84 Å². The summed E-state index contributed by atoms with van der Waals surface area (Å²) < 4.78 is 24.2. The largest absolute Gasteiger partial charge is 0.396 e. The number of amides is 1.